The number of carboxylic acid groups (broad SMARTS) is 1. The van der Waals surface area contributed by atoms with Crippen molar-refractivity contribution in [2.24, 2.45) is 17.8 Å². The number of fused-ring (bicyclic) bond motifs is 4. The van der Waals surface area contributed by atoms with Crippen LogP contribution < -0.4 is 25.4 Å². The number of aliphatic carboxylic acids is 1. The molecule has 3 saturated carbocycles. The van der Waals surface area contributed by atoms with Crippen molar-refractivity contribution in [1.29, 1.82) is 0 Å². The molecule has 3 aliphatic heterocycles. The number of carboxylic acids is 1. The highest BCUT2D eigenvalue weighted by Gasteiger charge is 2.62. The number of morpholine rings is 1. The zero-order valence-corrected chi connectivity index (χ0v) is 36.5. The fraction of sp³-hybridized carbons (Fsp3) is 0.652. The summed E-state index contributed by atoms with van der Waals surface area (Å²) in [6.07, 6.45) is 9.05. The Balaban J connectivity index is 0.993. The molecule has 3 aliphatic carbocycles. The van der Waals surface area contributed by atoms with Gasteiger partial charge in [-0.05, 0) is 82.3 Å². The third-order valence-corrected chi connectivity index (χ3v) is 13.9. The molecule has 1 aromatic carbocycles. The van der Waals surface area contributed by atoms with Crippen LogP contribution in [0.25, 0.3) is 16.7 Å². The first kappa shape index (κ1) is 43.1. The SMILES string of the molecule is CC(C)Nc1ccn(-c2cc(O[C@@H]3C[C@H]4C(=O)N[C@]5(C(=O)O)C[C@H]5CCCCCCC[C@H](NC(=O)O[C@@H]5C[C@@H]6C[C@@H]6C5)C(=O)N4C3)c3ccc(OCCN4CCOCC4)cc3n2)n1. The minimum absolute atomic E-state index is 0.0335. The van der Waals surface area contributed by atoms with Gasteiger partial charge in [-0.2, -0.15) is 0 Å². The second-order valence-electron chi connectivity index (χ2n) is 18.8. The van der Waals surface area contributed by atoms with Crippen molar-refractivity contribution < 1.29 is 43.2 Å². The van der Waals surface area contributed by atoms with Crippen LogP contribution in [0.15, 0.2) is 36.5 Å². The average Bonchev–Trinajstić information content (AvgIpc) is 3.91. The van der Waals surface area contributed by atoms with Crippen molar-refractivity contribution in [1.82, 2.24) is 35.2 Å². The number of pyridine rings is 1. The van der Waals surface area contributed by atoms with Gasteiger partial charge in [0.05, 0.1) is 25.3 Å². The molecule has 0 unspecified atom stereocenters. The van der Waals surface area contributed by atoms with Crippen LogP contribution in [0, 0.1) is 17.8 Å². The summed E-state index contributed by atoms with van der Waals surface area (Å²) in [5.74, 6) is 1.34. The Kier molecular flexibility index (Phi) is 12.7. The lowest BCUT2D eigenvalue weighted by atomic mass is 10.0. The highest BCUT2D eigenvalue weighted by Crippen LogP contribution is 2.52. The van der Waals surface area contributed by atoms with E-state index in [4.69, 9.17) is 29.0 Å². The number of nitrogens with zero attached hydrogens (tertiary/aromatic N) is 5. The Hall–Kier alpha value is -5.16. The Morgan fingerprint density at radius 3 is 2.54 bits per heavy atom. The van der Waals surface area contributed by atoms with E-state index in [0.717, 1.165) is 58.2 Å². The molecule has 0 spiro atoms. The summed E-state index contributed by atoms with van der Waals surface area (Å²) in [6, 6.07) is 7.51. The van der Waals surface area contributed by atoms with Crippen molar-refractivity contribution in [2.75, 3.05) is 51.3 Å². The van der Waals surface area contributed by atoms with E-state index >= 15 is 0 Å². The monoisotopic (exact) mass is 870 g/mol. The van der Waals surface area contributed by atoms with Crippen LogP contribution in [0.1, 0.15) is 90.9 Å². The number of aromatic nitrogens is 3. The van der Waals surface area contributed by atoms with Crippen LogP contribution >= 0.6 is 0 Å². The molecule has 8 atom stereocenters. The van der Waals surface area contributed by atoms with E-state index < -0.39 is 47.6 Å². The molecular formula is C46H62N8O9. The lowest BCUT2D eigenvalue weighted by Gasteiger charge is -2.29. The molecule has 0 radical (unpaired) electrons. The summed E-state index contributed by atoms with van der Waals surface area (Å²) in [4.78, 5) is 64.0. The number of rotatable bonds is 12. The number of carbonyl (C=O) groups is 4. The van der Waals surface area contributed by atoms with Crippen LogP contribution in [-0.2, 0) is 23.9 Å². The first-order valence-electron chi connectivity index (χ1n) is 23.2. The number of hydrogen-bond donors (Lipinski definition) is 4. The number of benzene rings is 1. The topological polar surface area (TPSA) is 199 Å². The van der Waals surface area contributed by atoms with Crippen molar-refractivity contribution in [3.05, 3.63) is 36.5 Å². The van der Waals surface area contributed by atoms with Crippen molar-refractivity contribution in [2.45, 2.75) is 127 Å². The summed E-state index contributed by atoms with van der Waals surface area (Å²) in [5, 5.41) is 24.9. The summed E-state index contributed by atoms with van der Waals surface area (Å²) in [5.41, 5.74) is -0.771. The fourth-order valence-electron chi connectivity index (χ4n) is 10.2. The smallest absolute Gasteiger partial charge is 0.408 e. The third-order valence-electron chi connectivity index (χ3n) is 13.9. The van der Waals surface area contributed by atoms with E-state index in [-0.39, 0.29) is 31.0 Å². The predicted molar refractivity (Wildman–Crippen MR) is 232 cm³/mol. The lowest BCUT2D eigenvalue weighted by Crippen LogP contribution is -2.56. The van der Waals surface area contributed by atoms with E-state index in [9.17, 15) is 24.3 Å². The highest BCUT2D eigenvalue weighted by atomic mass is 16.6. The maximum absolute atomic E-state index is 14.8. The molecule has 6 fully saturated rings. The highest BCUT2D eigenvalue weighted by molar-refractivity contribution is 5.96. The maximum Gasteiger partial charge on any atom is 0.408 e. The largest absolute Gasteiger partial charge is 0.492 e. The van der Waals surface area contributed by atoms with Crippen LogP contribution in [-0.4, -0.2) is 135 Å². The lowest BCUT2D eigenvalue weighted by molar-refractivity contribution is -0.146. The van der Waals surface area contributed by atoms with Gasteiger partial charge in [-0.15, -0.1) is 5.10 Å². The van der Waals surface area contributed by atoms with Crippen molar-refractivity contribution in [3.63, 3.8) is 0 Å². The number of nitrogens with one attached hydrogen (secondary N) is 3. The van der Waals surface area contributed by atoms with Crippen molar-refractivity contribution >= 4 is 40.6 Å². The molecule has 5 heterocycles. The number of ether oxygens (including phenoxy) is 4. The molecular weight excluding hydrogens is 809 g/mol. The Bertz CT molecular complexity index is 2150. The van der Waals surface area contributed by atoms with Gasteiger partial charge < -0.3 is 44.9 Å². The normalized spacial score (nSPS) is 30.0. The van der Waals surface area contributed by atoms with E-state index in [1.165, 1.54) is 11.3 Å². The zero-order valence-electron chi connectivity index (χ0n) is 36.5. The first-order valence-corrected chi connectivity index (χ1v) is 23.2. The van der Waals surface area contributed by atoms with Crippen molar-refractivity contribution in [3.8, 4) is 17.3 Å². The van der Waals surface area contributed by atoms with Gasteiger partial charge in [0, 0.05) is 61.9 Å². The van der Waals surface area contributed by atoms with E-state index in [1.807, 2.05) is 44.3 Å². The van der Waals surface area contributed by atoms with E-state index in [0.29, 0.717) is 91.4 Å². The van der Waals surface area contributed by atoms with Gasteiger partial charge in [-0.1, -0.05) is 32.1 Å². The quantitative estimate of drug-likeness (QED) is 0.192. The van der Waals surface area contributed by atoms with Gasteiger partial charge in [0.25, 0.3) is 0 Å². The van der Waals surface area contributed by atoms with Crippen LogP contribution in [0.5, 0.6) is 11.5 Å². The minimum Gasteiger partial charge on any atom is -0.492 e. The molecule has 17 heteroatoms. The molecule has 4 N–H and O–H groups in total. The molecule has 3 saturated heterocycles. The van der Waals surface area contributed by atoms with E-state index in [1.54, 1.807) is 10.7 Å². The van der Waals surface area contributed by atoms with Gasteiger partial charge in [0.1, 0.15) is 53.8 Å². The molecule has 6 aliphatic rings. The first-order chi connectivity index (χ1) is 30.5. The number of amides is 3. The van der Waals surface area contributed by atoms with Gasteiger partial charge in [-0.3, -0.25) is 14.5 Å². The molecule has 0 bridgehead atoms. The second-order valence-corrected chi connectivity index (χ2v) is 18.8. The molecule has 3 aromatic rings. The molecule has 17 nitrogen and oxygen atoms in total. The summed E-state index contributed by atoms with van der Waals surface area (Å²) >= 11 is 0. The number of carbonyl (C=O) groups excluding carboxylic acids is 3. The maximum atomic E-state index is 14.8. The van der Waals surface area contributed by atoms with Gasteiger partial charge in [0.2, 0.25) is 11.8 Å². The van der Waals surface area contributed by atoms with Crippen LogP contribution in [0.3, 0.4) is 0 Å². The minimum atomic E-state index is -1.38. The Labute approximate surface area is 367 Å². The number of anilines is 1. The number of hydrogen-bond acceptors (Lipinski definition) is 12. The summed E-state index contributed by atoms with van der Waals surface area (Å²) in [6.45, 7) is 8.51. The zero-order chi connectivity index (χ0) is 43.7. The number of alkyl carbamates (subject to hydrolysis) is 1. The third kappa shape index (κ3) is 9.99. The average molecular weight is 871 g/mol. The van der Waals surface area contributed by atoms with E-state index in [2.05, 4.69) is 20.9 Å². The molecule has 63 heavy (non-hydrogen) atoms. The fourth-order valence-corrected chi connectivity index (χ4v) is 10.2. The van der Waals surface area contributed by atoms with Gasteiger partial charge in [0.15, 0.2) is 5.82 Å². The van der Waals surface area contributed by atoms with Crippen LogP contribution in [0.4, 0.5) is 10.6 Å². The Morgan fingerprint density at radius 1 is 0.984 bits per heavy atom. The molecule has 340 valence electrons. The molecule has 3 amide bonds. The second kappa shape index (κ2) is 18.5. The van der Waals surface area contributed by atoms with Gasteiger partial charge >= 0.3 is 12.1 Å². The van der Waals surface area contributed by atoms with Gasteiger partial charge in [-0.25, -0.2) is 19.3 Å². The molecule has 9 rings (SSSR count). The van der Waals surface area contributed by atoms with Crippen LogP contribution in [0.2, 0.25) is 0 Å². The standard InChI is InChI=1S/C46H62N8O9/c1-28(2)47-40-12-13-54(51-40)41-25-39(35-11-10-32(23-37(35)48-41)61-19-16-52-14-17-60-18-15-52)62-34-24-38-42(55)50-46(44(57)58)26-31(46)8-6-4-3-5-7-9-36(43(56)53(38)27-34)49-45(59)63-33-21-29-20-30(29)22-33/h10-13,23,25,28-31,33-34,36,38H,3-9,14-22,24,26-27H2,1-2H3,(H,47,51)(H,49,59)(H,50,55)(H,57,58)/t29-,30+,31-,33+,34-,36+,38+,46-/m1/s1. The Morgan fingerprint density at radius 2 is 1.76 bits per heavy atom. The predicted octanol–water partition coefficient (Wildman–Crippen LogP) is 4.90. The molecule has 2 aromatic heterocycles. The summed E-state index contributed by atoms with van der Waals surface area (Å²) < 4.78 is 26.0. The summed E-state index contributed by atoms with van der Waals surface area (Å²) in [7, 11) is 0.